The van der Waals surface area contributed by atoms with Gasteiger partial charge in [-0.15, -0.1) is 0 Å². The number of hydrogen-bond donors (Lipinski definition) is 1. The van der Waals surface area contributed by atoms with Gasteiger partial charge in [0.1, 0.15) is 0 Å². The fraction of sp³-hybridized carbons (Fsp3) is 0.188. The molecule has 0 aliphatic carbocycles. The summed E-state index contributed by atoms with van der Waals surface area (Å²) in [6.45, 7) is 0. The molecule has 1 aliphatic heterocycles. The Morgan fingerprint density at radius 2 is 1.77 bits per heavy atom. The predicted octanol–water partition coefficient (Wildman–Crippen LogP) is 3.58. The van der Waals surface area contributed by atoms with Crippen LogP contribution in [0.1, 0.15) is 29.6 Å². The zero-order valence-corrected chi connectivity index (χ0v) is 13.3. The van der Waals surface area contributed by atoms with Crippen molar-refractivity contribution in [1.29, 1.82) is 0 Å². The first-order valence-corrected chi connectivity index (χ1v) is 7.95. The van der Waals surface area contributed by atoms with E-state index in [1.807, 2.05) is 10.7 Å². The lowest BCUT2D eigenvalue weighted by Crippen LogP contribution is -2.28. The summed E-state index contributed by atoms with van der Waals surface area (Å²) >= 11 is 3.48. The van der Waals surface area contributed by atoms with E-state index in [0.29, 0.717) is 5.95 Å². The van der Waals surface area contributed by atoms with Crippen molar-refractivity contribution < 1.29 is 0 Å². The summed E-state index contributed by atoms with van der Waals surface area (Å²) in [4.78, 5) is 0. The largest absolute Gasteiger partial charge is 0.346 e. The van der Waals surface area contributed by atoms with Crippen LogP contribution in [0.2, 0.25) is 0 Å². The lowest BCUT2D eigenvalue weighted by molar-refractivity contribution is 0.424. The minimum Gasteiger partial charge on any atom is -0.346 e. The number of benzene rings is 2. The molecule has 1 aliphatic rings. The number of rotatable bonds is 2. The molecule has 1 N–H and O–H groups in total. The molecule has 2 aromatic carbocycles. The molecule has 1 aromatic heterocycles. The summed E-state index contributed by atoms with van der Waals surface area (Å²) in [5.74, 6) is 0.716. The zero-order chi connectivity index (χ0) is 14.9. The van der Waals surface area contributed by atoms with Crippen LogP contribution in [0.5, 0.6) is 0 Å². The van der Waals surface area contributed by atoms with Crippen molar-refractivity contribution in [3.05, 3.63) is 70.2 Å². The average molecular weight is 356 g/mol. The molecule has 3 aromatic rings. The molecule has 5 nitrogen and oxygen atoms in total. The Hall–Kier alpha value is -2.21. The highest BCUT2D eigenvalue weighted by molar-refractivity contribution is 9.10. The third-order valence-corrected chi connectivity index (χ3v) is 4.54. The maximum absolute atomic E-state index is 4.15. The van der Waals surface area contributed by atoms with Crippen LogP contribution in [0.25, 0.3) is 0 Å². The summed E-state index contributed by atoms with van der Waals surface area (Å²) in [6.07, 6.45) is 0.906. The molecule has 2 heterocycles. The molecule has 0 spiro atoms. The van der Waals surface area contributed by atoms with E-state index in [1.165, 1.54) is 11.1 Å². The quantitative estimate of drug-likeness (QED) is 0.763. The minimum atomic E-state index is 0.129. The van der Waals surface area contributed by atoms with Crippen molar-refractivity contribution in [3.63, 3.8) is 0 Å². The summed E-state index contributed by atoms with van der Waals surface area (Å²) in [6, 6.07) is 19.1. The van der Waals surface area contributed by atoms with Crippen molar-refractivity contribution in [2.24, 2.45) is 0 Å². The van der Waals surface area contributed by atoms with Gasteiger partial charge in [-0.2, -0.15) is 0 Å². The Kier molecular flexibility index (Phi) is 3.38. The first-order valence-electron chi connectivity index (χ1n) is 7.16. The van der Waals surface area contributed by atoms with E-state index in [0.717, 1.165) is 10.9 Å². The maximum Gasteiger partial charge on any atom is 0.243 e. The second-order valence-electron chi connectivity index (χ2n) is 5.36. The number of hydrogen-bond acceptors (Lipinski definition) is 4. The Morgan fingerprint density at radius 1 is 1.00 bits per heavy atom. The van der Waals surface area contributed by atoms with Gasteiger partial charge in [-0.1, -0.05) is 63.5 Å². The van der Waals surface area contributed by atoms with Crippen LogP contribution in [0.3, 0.4) is 0 Å². The van der Waals surface area contributed by atoms with Gasteiger partial charge >= 0.3 is 0 Å². The Bertz CT molecular complexity index is 769. The van der Waals surface area contributed by atoms with Gasteiger partial charge in [0.15, 0.2) is 0 Å². The SMILES string of the molecule is Brc1ccc(C2CC(c3ccccc3)Nc3nnnn32)cc1. The molecule has 0 bridgehead atoms. The molecule has 0 amide bonds. The topological polar surface area (TPSA) is 55.6 Å². The predicted molar refractivity (Wildman–Crippen MR) is 87.5 cm³/mol. The molecule has 2 atom stereocenters. The second kappa shape index (κ2) is 5.53. The van der Waals surface area contributed by atoms with Crippen LogP contribution in [-0.4, -0.2) is 20.2 Å². The Labute approximate surface area is 136 Å². The number of aromatic nitrogens is 4. The summed E-state index contributed by atoms with van der Waals surface area (Å²) < 4.78 is 2.93. The van der Waals surface area contributed by atoms with E-state index >= 15 is 0 Å². The molecular formula is C16H14BrN5. The number of anilines is 1. The summed E-state index contributed by atoms with van der Waals surface area (Å²) in [5, 5.41) is 15.5. The molecule has 0 radical (unpaired) electrons. The lowest BCUT2D eigenvalue weighted by atomic mass is 9.93. The van der Waals surface area contributed by atoms with Crippen molar-refractivity contribution in [3.8, 4) is 0 Å². The van der Waals surface area contributed by atoms with Crippen LogP contribution >= 0.6 is 15.9 Å². The Morgan fingerprint density at radius 3 is 2.55 bits per heavy atom. The zero-order valence-electron chi connectivity index (χ0n) is 11.7. The number of nitrogens with zero attached hydrogens (tertiary/aromatic N) is 4. The molecule has 4 rings (SSSR count). The van der Waals surface area contributed by atoms with Crippen LogP contribution in [-0.2, 0) is 0 Å². The highest BCUT2D eigenvalue weighted by Gasteiger charge is 2.30. The standard InChI is InChI=1S/C16H14BrN5/c17-13-8-6-12(7-9-13)15-10-14(11-4-2-1-3-5-11)18-16-19-20-21-22(15)16/h1-9,14-15H,10H2,(H,18,19,21). The van der Waals surface area contributed by atoms with Crippen molar-refractivity contribution in [2.75, 3.05) is 5.32 Å². The fourth-order valence-corrected chi connectivity index (χ4v) is 3.17. The van der Waals surface area contributed by atoms with E-state index in [1.54, 1.807) is 0 Å². The molecule has 110 valence electrons. The van der Waals surface area contributed by atoms with Crippen LogP contribution in [0, 0.1) is 0 Å². The minimum absolute atomic E-state index is 0.129. The van der Waals surface area contributed by atoms with E-state index in [4.69, 9.17) is 0 Å². The van der Waals surface area contributed by atoms with Gasteiger partial charge in [0.05, 0.1) is 12.1 Å². The molecule has 22 heavy (non-hydrogen) atoms. The van der Waals surface area contributed by atoms with Gasteiger partial charge in [0, 0.05) is 4.47 Å². The average Bonchev–Trinajstić information content (AvgIpc) is 3.04. The summed E-state index contributed by atoms with van der Waals surface area (Å²) in [7, 11) is 0. The normalized spacial score (nSPS) is 20.2. The van der Waals surface area contributed by atoms with Crippen LogP contribution < -0.4 is 5.32 Å². The van der Waals surface area contributed by atoms with Gasteiger partial charge in [-0.3, -0.25) is 0 Å². The molecule has 6 heteroatoms. The van der Waals surface area contributed by atoms with Crippen molar-refractivity contribution in [2.45, 2.75) is 18.5 Å². The number of tetrazole rings is 1. The molecule has 0 fully saturated rings. The molecular weight excluding hydrogens is 342 g/mol. The van der Waals surface area contributed by atoms with Gasteiger partial charge in [0.25, 0.3) is 0 Å². The number of nitrogens with one attached hydrogen (secondary N) is 1. The monoisotopic (exact) mass is 355 g/mol. The van der Waals surface area contributed by atoms with Crippen LogP contribution in [0.15, 0.2) is 59.1 Å². The van der Waals surface area contributed by atoms with Crippen molar-refractivity contribution >= 4 is 21.9 Å². The molecule has 2 unspecified atom stereocenters. The fourth-order valence-electron chi connectivity index (χ4n) is 2.90. The second-order valence-corrected chi connectivity index (χ2v) is 6.27. The first-order chi connectivity index (χ1) is 10.8. The van der Waals surface area contributed by atoms with Gasteiger partial charge < -0.3 is 5.32 Å². The van der Waals surface area contributed by atoms with E-state index in [9.17, 15) is 0 Å². The smallest absolute Gasteiger partial charge is 0.243 e. The molecule has 0 saturated carbocycles. The van der Waals surface area contributed by atoms with E-state index in [2.05, 4.69) is 85.3 Å². The number of fused-ring (bicyclic) bond motifs is 1. The van der Waals surface area contributed by atoms with Crippen molar-refractivity contribution in [1.82, 2.24) is 20.2 Å². The highest BCUT2D eigenvalue weighted by atomic mass is 79.9. The lowest BCUT2D eigenvalue weighted by Gasteiger charge is -2.31. The number of halogens is 1. The summed E-state index contributed by atoms with van der Waals surface area (Å²) in [5.41, 5.74) is 2.46. The van der Waals surface area contributed by atoms with Gasteiger partial charge in [-0.05, 0) is 40.1 Å². The first kappa shape index (κ1) is 13.5. The third-order valence-electron chi connectivity index (χ3n) is 4.01. The maximum atomic E-state index is 4.15. The Balaban J connectivity index is 1.73. The van der Waals surface area contributed by atoms with E-state index < -0.39 is 0 Å². The highest BCUT2D eigenvalue weighted by Crippen LogP contribution is 2.37. The van der Waals surface area contributed by atoms with Gasteiger partial charge in [0.2, 0.25) is 5.95 Å². The van der Waals surface area contributed by atoms with Gasteiger partial charge in [-0.25, -0.2) is 4.68 Å². The van der Waals surface area contributed by atoms with Crippen LogP contribution in [0.4, 0.5) is 5.95 Å². The van der Waals surface area contributed by atoms with E-state index in [-0.39, 0.29) is 12.1 Å². The molecule has 0 saturated heterocycles. The third kappa shape index (κ3) is 2.39.